The molecular weight excluding hydrogens is 212 g/mol. The van der Waals surface area contributed by atoms with Crippen LogP contribution in [0.5, 0.6) is 0 Å². The molecule has 92 valence electrons. The molecule has 0 amide bonds. The summed E-state index contributed by atoms with van der Waals surface area (Å²) in [6, 6.07) is 0. The normalized spacial score (nSPS) is 62.1. The molecule has 1 N–H and O–H groups in total. The highest BCUT2D eigenvalue weighted by Crippen LogP contribution is 2.76. The number of fused-ring (bicyclic) bond motifs is 9. The molecule has 4 aliphatic rings. The van der Waals surface area contributed by atoms with Crippen molar-refractivity contribution in [2.75, 3.05) is 0 Å². The molecular formula is C15H20O2. The molecule has 0 radical (unpaired) electrons. The van der Waals surface area contributed by atoms with Gasteiger partial charge in [-0.3, -0.25) is 4.79 Å². The summed E-state index contributed by atoms with van der Waals surface area (Å²) in [7, 11) is 0. The van der Waals surface area contributed by atoms with Gasteiger partial charge in [-0.2, -0.15) is 0 Å². The summed E-state index contributed by atoms with van der Waals surface area (Å²) in [5.41, 5.74) is -0.00773. The van der Waals surface area contributed by atoms with E-state index in [0.29, 0.717) is 29.1 Å². The minimum absolute atomic E-state index is 0.426. The SMILES string of the molecule is CC1(C(=O)O)CC2CC1C1C3C=CC(C3)C21C. The zero-order chi connectivity index (χ0) is 12.0. The van der Waals surface area contributed by atoms with Gasteiger partial charge in [0.2, 0.25) is 0 Å². The first-order valence-electron chi connectivity index (χ1n) is 6.89. The van der Waals surface area contributed by atoms with Crippen LogP contribution in [-0.2, 0) is 4.79 Å². The third-order valence-electron chi connectivity index (χ3n) is 6.92. The van der Waals surface area contributed by atoms with Gasteiger partial charge in [0.15, 0.2) is 0 Å². The Morgan fingerprint density at radius 1 is 1.29 bits per heavy atom. The monoisotopic (exact) mass is 232 g/mol. The summed E-state index contributed by atoms with van der Waals surface area (Å²) in [4.78, 5) is 11.6. The first-order chi connectivity index (χ1) is 7.98. The second kappa shape index (κ2) is 2.62. The zero-order valence-corrected chi connectivity index (χ0v) is 10.5. The number of carboxylic acids is 1. The lowest BCUT2D eigenvalue weighted by Gasteiger charge is -2.47. The lowest BCUT2D eigenvalue weighted by atomic mass is 9.56. The maximum atomic E-state index is 11.6. The molecule has 0 aromatic rings. The molecule has 3 fully saturated rings. The molecule has 2 nitrogen and oxygen atoms in total. The third-order valence-corrected chi connectivity index (χ3v) is 6.92. The van der Waals surface area contributed by atoms with Crippen molar-refractivity contribution in [1.82, 2.24) is 0 Å². The number of hydrogen-bond donors (Lipinski definition) is 1. The summed E-state index contributed by atoms with van der Waals surface area (Å²) in [5.74, 6) is 2.59. The average Bonchev–Trinajstić information content (AvgIpc) is 2.93. The molecule has 0 spiro atoms. The number of carbonyl (C=O) groups is 1. The molecule has 0 heterocycles. The molecule has 0 aliphatic heterocycles. The number of carboxylic acid groups (broad SMARTS) is 1. The van der Waals surface area contributed by atoms with Crippen molar-refractivity contribution in [3.8, 4) is 0 Å². The molecule has 2 heteroatoms. The van der Waals surface area contributed by atoms with Gasteiger partial charge in [0.05, 0.1) is 5.41 Å². The Labute approximate surface area is 102 Å². The number of hydrogen-bond acceptors (Lipinski definition) is 1. The van der Waals surface area contributed by atoms with Crippen LogP contribution in [0.3, 0.4) is 0 Å². The van der Waals surface area contributed by atoms with Gasteiger partial charge in [0.25, 0.3) is 0 Å². The van der Waals surface area contributed by atoms with E-state index in [4.69, 9.17) is 0 Å². The van der Waals surface area contributed by atoms with Gasteiger partial charge in [0, 0.05) is 0 Å². The Hall–Kier alpha value is -0.790. The van der Waals surface area contributed by atoms with Gasteiger partial charge < -0.3 is 5.11 Å². The number of allylic oxidation sites excluding steroid dienone is 2. The van der Waals surface area contributed by atoms with Crippen molar-refractivity contribution < 1.29 is 9.90 Å². The molecule has 0 saturated heterocycles. The average molecular weight is 232 g/mol. The van der Waals surface area contributed by atoms with E-state index in [1.165, 1.54) is 12.8 Å². The van der Waals surface area contributed by atoms with Gasteiger partial charge in [-0.25, -0.2) is 0 Å². The highest BCUT2D eigenvalue weighted by atomic mass is 16.4. The number of rotatable bonds is 1. The molecule has 0 aromatic carbocycles. The Bertz CT molecular complexity index is 440. The van der Waals surface area contributed by atoms with Crippen LogP contribution in [0.25, 0.3) is 0 Å². The molecule has 4 aliphatic carbocycles. The Balaban J connectivity index is 1.81. The van der Waals surface area contributed by atoms with Gasteiger partial charge in [-0.1, -0.05) is 19.1 Å². The first-order valence-corrected chi connectivity index (χ1v) is 6.89. The van der Waals surface area contributed by atoms with E-state index in [1.807, 2.05) is 6.92 Å². The van der Waals surface area contributed by atoms with Crippen LogP contribution in [0, 0.1) is 40.4 Å². The van der Waals surface area contributed by atoms with Crippen LogP contribution in [0.2, 0.25) is 0 Å². The largest absolute Gasteiger partial charge is 0.481 e. The molecule has 17 heavy (non-hydrogen) atoms. The maximum Gasteiger partial charge on any atom is 0.309 e. The summed E-state index contributed by atoms with van der Waals surface area (Å²) >= 11 is 0. The second-order valence-electron chi connectivity index (χ2n) is 7.25. The van der Waals surface area contributed by atoms with E-state index in [0.717, 1.165) is 12.3 Å². The third kappa shape index (κ3) is 0.871. The summed E-state index contributed by atoms with van der Waals surface area (Å²) < 4.78 is 0. The Kier molecular flexibility index (Phi) is 1.57. The van der Waals surface area contributed by atoms with Crippen LogP contribution in [0.15, 0.2) is 12.2 Å². The molecule has 4 rings (SSSR count). The zero-order valence-electron chi connectivity index (χ0n) is 10.5. The van der Waals surface area contributed by atoms with Crippen molar-refractivity contribution in [3.05, 3.63) is 12.2 Å². The fraction of sp³-hybridized carbons (Fsp3) is 0.800. The minimum Gasteiger partial charge on any atom is -0.481 e. The lowest BCUT2D eigenvalue weighted by Crippen LogP contribution is -2.47. The second-order valence-corrected chi connectivity index (χ2v) is 7.25. The van der Waals surface area contributed by atoms with Crippen molar-refractivity contribution >= 4 is 5.97 Å². The first kappa shape index (κ1) is 10.2. The van der Waals surface area contributed by atoms with Crippen LogP contribution in [0.4, 0.5) is 0 Å². The van der Waals surface area contributed by atoms with Gasteiger partial charge in [-0.05, 0) is 61.2 Å². The molecule has 4 bridgehead atoms. The predicted octanol–water partition coefficient (Wildman–Crippen LogP) is 2.95. The van der Waals surface area contributed by atoms with Gasteiger partial charge in [-0.15, -0.1) is 0 Å². The number of aliphatic carboxylic acids is 1. The Morgan fingerprint density at radius 3 is 2.76 bits per heavy atom. The van der Waals surface area contributed by atoms with E-state index in [-0.39, 0.29) is 0 Å². The highest BCUT2D eigenvalue weighted by Gasteiger charge is 2.71. The van der Waals surface area contributed by atoms with Crippen molar-refractivity contribution in [3.63, 3.8) is 0 Å². The van der Waals surface area contributed by atoms with Gasteiger partial charge >= 0.3 is 5.97 Å². The smallest absolute Gasteiger partial charge is 0.309 e. The fourth-order valence-electron chi connectivity index (χ4n) is 6.05. The summed E-state index contributed by atoms with van der Waals surface area (Å²) in [6.45, 7) is 4.44. The molecule has 7 unspecified atom stereocenters. The standard InChI is InChI=1S/C15H20O2/c1-14(13(16)17)7-10-6-11(14)12-8-3-4-9(5-8)15(10,12)2/h3-4,8-12H,5-7H2,1-2H3,(H,16,17). The van der Waals surface area contributed by atoms with Crippen LogP contribution >= 0.6 is 0 Å². The van der Waals surface area contributed by atoms with E-state index < -0.39 is 11.4 Å². The Morgan fingerprint density at radius 2 is 2.06 bits per heavy atom. The summed E-state index contributed by atoms with van der Waals surface area (Å²) in [6.07, 6.45) is 8.17. The van der Waals surface area contributed by atoms with Crippen molar-refractivity contribution in [2.45, 2.75) is 33.1 Å². The van der Waals surface area contributed by atoms with E-state index in [2.05, 4.69) is 19.1 Å². The maximum absolute atomic E-state index is 11.6. The van der Waals surface area contributed by atoms with Crippen LogP contribution in [0.1, 0.15) is 33.1 Å². The highest BCUT2D eigenvalue weighted by molar-refractivity contribution is 5.75. The van der Waals surface area contributed by atoms with Gasteiger partial charge in [0.1, 0.15) is 0 Å². The lowest BCUT2D eigenvalue weighted by molar-refractivity contribution is -0.155. The molecule has 0 aromatic heterocycles. The predicted molar refractivity (Wildman–Crippen MR) is 64.3 cm³/mol. The van der Waals surface area contributed by atoms with Crippen molar-refractivity contribution in [1.29, 1.82) is 0 Å². The summed E-state index contributed by atoms with van der Waals surface area (Å²) in [5, 5.41) is 9.55. The minimum atomic E-state index is -0.557. The van der Waals surface area contributed by atoms with E-state index >= 15 is 0 Å². The molecule has 3 saturated carbocycles. The topological polar surface area (TPSA) is 37.3 Å². The fourth-order valence-corrected chi connectivity index (χ4v) is 6.05. The van der Waals surface area contributed by atoms with Crippen LogP contribution in [-0.4, -0.2) is 11.1 Å². The quantitative estimate of drug-likeness (QED) is 0.557. The van der Waals surface area contributed by atoms with E-state index in [1.54, 1.807) is 0 Å². The van der Waals surface area contributed by atoms with Crippen molar-refractivity contribution in [2.24, 2.45) is 40.4 Å². The van der Waals surface area contributed by atoms with E-state index in [9.17, 15) is 9.90 Å². The molecule has 7 atom stereocenters. The van der Waals surface area contributed by atoms with Crippen LogP contribution < -0.4 is 0 Å².